The first kappa shape index (κ1) is 15.4. The molecule has 28 heavy (non-hydrogen) atoms. The minimum Gasteiger partial charge on any atom is -0.256 e. The lowest BCUT2D eigenvalue weighted by molar-refractivity contribution is 1.29. The predicted octanol–water partition coefficient (Wildman–Crippen LogP) is 5.70. The van der Waals surface area contributed by atoms with E-state index in [9.17, 15) is 0 Å². The Morgan fingerprint density at radius 1 is 0.393 bits per heavy atom. The highest BCUT2D eigenvalue weighted by Gasteiger charge is 2.03. The lowest BCUT2D eigenvalue weighted by atomic mass is 10.00. The molecule has 5 aromatic rings. The van der Waals surface area contributed by atoms with Crippen LogP contribution in [0, 0.1) is 41.7 Å². The van der Waals surface area contributed by atoms with Gasteiger partial charge in [-0.15, -0.1) is 0 Å². The first-order valence-corrected chi connectivity index (χ1v) is 9.58. The zero-order chi connectivity index (χ0) is 18.5. The van der Waals surface area contributed by atoms with Crippen molar-refractivity contribution < 1.29 is 0 Å². The van der Waals surface area contributed by atoms with Gasteiger partial charge in [-0.2, -0.15) is 0 Å². The van der Waals surface area contributed by atoms with Gasteiger partial charge in [-0.3, -0.25) is 4.98 Å². The second kappa shape index (κ2) is 5.90. The second-order valence-electron chi connectivity index (χ2n) is 7.19. The van der Waals surface area contributed by atoms with Gasteiger partial charge in [-0.05, 0) is 53.9 Å². The lowest BCUT2D eigenvalue weighted by Gasteiger charge is -2.05. The van der Waals surface area contributed by atoms with Gasteiger partial charge in [0.2, 0.25) is 0 Å². The molecule has 6 rings (SSSR count). The van der Waals surface area contributed by atoms with Gasteiger partial charge in [0.1, 0.15) is 0 Å². The monoisotopic (exact) mass is 355 g/mol. The second-order valence-corrected chi connectivity index (χ2v) is 7.19. The molecule has 1 aliphatic rings. The van der Waals surface area contributed by atoms with Gasteiger partial charge >= 0.3 is 0 Å². The van der Waals surface area contributed by atoms with Crippen LogP contribution in [0.5, 0.6) is 0 Å². The molecule has 1 aromatic heterocycles. The fourth-order valence-electron chi connectivity index (χ4n) is 4.51. The average Bonchev–Trinajstić information content (AvgIpc) is 2.77. The topological polar surface area (TPSA) is 12.9 Å². The van der Waals surface area contributed by atoms with Crippen LogP contribution >= 0.6 is 0 Å². The Morgan fingerprint density at radius 2 is 0.893 bits per heavy atom. The highest BCUT2D eigenvalue weighted by Crippen LogP contribution is 2.19. The molecule has 1 nitrogen and oxygen atoms in total. The van der Waals surface area contributed by atoms with Crippen molar-refractivity contribution in [2.75, 3.05) is 0 Å². The normalized spacial score (nSPS) is 16.7. The van der Waals surface area contributed by atoms with Crippen molar-refractivity contribution in [3.05, 3.63) is 145 Å². The van der Waals surface area contributed by atoms with E-state index < -0.39 is 0 Å². The van der Waals surface area contributed by atoms with Crippen molar-refractivity contribution >= 4 is 10.9 Å². The maximum atomic E-state index is 4.62. The Kier molecular flexibility index (Phi) is 3.24. The third-order valence-electron chi connectivity index (χ3n) is 5.71. The Labute approximate surface area is 161 Å². The van der Waals surface area contributed by atoms with Crippen LogP contribution in [0.2, 0.25) is 0 Å². The van der Waals surface area contributed by atoms with Gasteiger partial charge in [0.05, 0.1) is 5.52 Å². The van der Waals surface area contributed by atoms with Crippen LogP contribution in [0.25, 0.3) is 10.9 Å². The minimum absolute atomic E-state index is 1.03. The van der Waals surface area contributed by atoms with E-state index in [-0.39, 0.29) is 0 Å². The molecule has 4 aromatic carbocycles. The molecule has 0 radical (unpaired) electrons. The van der Waals surface area contributed by atoms with Crippen molar-refractivity contribution in [3.63, 3.8) is 0 Å². The number of aromatic nitrogens is 1. The zero-order valence-corrected chi connectivity index (χ0v) is 15.3. The molecule has 0 aliphatic heterocycles. The Balaban J connectivity index is 2.27. The van der Waals surface area contributed by atoms with Crippen molar-refractivity contribution in [2.45, 2.75) is 0 Å². The summed E-state index contributed by atoms with van der Waals surface area (Å²) in [4.78, 5) is 4.62. The van der Waals surface area contributed by atoms with E-state index in [1.807, 2.05) is 12.3 Å². The summed E-state index contributed by atoms with van der Waals surface area (Å²) in [5.74, 6) is 0. The van der Waals surface area contributed by atoms with E-state index in [1.165, 1.54) is 47.1 Å². The molecule has 0 amide bonds. The molecular formula is C27H17N. The van der Waals surface area contributed by atoms with Crippen molar-refractivity contribution in [2.24, 2.45) is 0 Å². The number of fused-ring (bicyclic) bond motifs is 6. The molecule has 0 N–H and O–H groups in total. The average molecular weight is 355 g/mol. The molecule has 0 fully saturated rings. The van der Waals surface area contributed by atoms with Crippen LogP contribution in [-0.2, 0) is 0 Å². The van der Waals surface area contributed by atoms with Crippen molar-refractivity contribution in [1.29, 1.82) is 0 Å². The summed E-state index contributed by atoms with van der Waals surface area (Å²) in [6.45, 7) is 0. The van der Waals surface area contributed by atoms with Crippen LogP contribution in [0.15, 0.2) is 103 Å². The first-order chi connectivity index (χ1) is 13.9. The molecular weight excluding hydrogens is 338 g/mol. The fourth-order valence-corrected chi connectivity index (χ4v) is 4.51. The fraction of sp³-hybridized carbons (Fsp3) is 0. The third kappa shape index (κ3) is 2.10. The van der Waals surface area contributed by atoms with Gasteiger partial charge in [0, 0.05) is 11.6 Å². The molecule has 0 atom stereocenters. The summed E-state index contributed by atoms with van der Waals surface area (Å²) in [6, 6.07) is 34.8. The molecule has 0 saturated heterocycles. The van der Waals surface area contributed by atoms with Gasteiger partial charge in [-0.25, -0.2) is 0 Å². The van der Waals surface area contributed by atoms with Crippen LogP contribution in [0.1, 0.15) is 0 Å². The van der Waals surface area contributed by atoms with E-state index in [0.29, 0.717) is 0 Å². The number of rotatable bonds is 0. The Bertz CT molecular complexity index is 1760. The van der Waals surface area contributed by atoms with Crippen molar-refractivity contribution in [3.8, 4) is 0 Å². The molecule has 130 valence electrons. The molecule has 1 heterocycles. The van der Waals surface area contributed by atoms with Crippen molar-refractivity contribution in [1.82, 2.24) is 4.98 Å². The van der Waals surface area contributed by atoms with Gasteiger partial charge < -0.3 is 0 Å². The summed E-state index contributed by atoms with van der Waals surface area (Å²) in [7, 11) is 0. The van der Waals surface area contributed by atoms with Gasteiger partial charge in [-0.1, -0.05) is 84.9 Å². The molecule has 0 spiro atoms. The Morgan fingerprint density at radius 3 is 1.50 bits per heavy atom. The lowest BCUT2D eigenvalue weighted by Crippen LogP contribution is -1.91. The molecule has 1 aliphatic carbocycles. The zero-order valence-electron chi connectivity index (χ0n) is 15.3. The predicted molar refractivity (Wildman–Crippen MR) is 112 cm³/mol. The number of benzene rings is 4. The van der Waals surface area contributed by atoms with E-state index >= 15 is 0 Å². The largest absolute Gasteiger partial charge is 0.256 e. The smallest absolute Gasteiger partial charge is 0.0708 e. The maximum absolute atomic E-state index is 4.62. The summed E-state index contributed by atoms with van der Waals surface area (Å²) >= 11 is 0. The van der Waals surface area contributed by atoms with E-state index in [1.54, 1.807) is 0 Å². The summed E-state index contributed by atoms with van der Waals surface area (Å²) in [5.41, 5.74) is 1.03. The summed E-state index contributed by atoms with van der Waals surface area (Å²) in [5, 5.41) is 11.4. The van der Waals surface area contributed by atoms with Crippen LogP contribution in [0.4, 0.5) is 0 Å². The third-order valence-corrected chi connectivity index (χ3v) is 5.71. The standard InChI is InChI=1S/C27H17N/c1-2-9-19-18(8-1)20-10-3-4-12-22(20)24-15-16-26-25(14-7-17-28-26)27(24)23-13-6-5-11-21(19)23/h1-17H/b20-18-,21-19-,24-22-,27-23+. The van der Waals surface area contributed by atoms with Crippen LogP contribution in [0.3, 0.4) is 0 Å². The molecule has 0 saturated carbocycles. The highest BCUT2D eigenvalue weighted by molar-refractivity contribution is 5.79. The van der Waals surface area contributed by atoms with Gasteiger partial charge in [0.25, 0.3) is 0 Å². The van der Waals surface area contributed by atoms with Gasteiger partial charge in [0.15, 0.2) is 0 Å². The first-order valence-electron chi connectivity index (χ1n) is 9.58. The Hall–Kier alpha value is -3.71. The SMILES string of the molecule is c1ccc2/c(c1)=c1/cccc/c1=c1\ccc3ncccc3\c1=c1/cccc/c1=2. The maximum Gasteiger partial charge on any atom is 0.0708 e. The quantitative estimate of drug-likeness (QED) is 0.341. The summed E-state index contributed by atoms with van der Waals surface area (Å²) in [6.07, 6.45) is 1.87. The van der Waals surface area contributed by atoms with E-state index in [4.69, 9.17) is 0 Å². The summed E-state index contributed by atoms with van der Waals surface area (Å²) < 4.78 is 0. The molecule has 1 heteroatoms. The van der Waals surface area contributed by atoms with E-state index in [2.05, 4.69) is 96.0 Å². The van der Waals surface area contributed by atoms with Crippen LogP contribution in [-0.4, -0.2) is 4.98 Å². The van der Waals surface area contributed by atoms with Crippen LogP contribution < -0.4 is 0 Å². The minimum atomic E-state index is 1.03. The number of nitrogens with zero attached hydrogens (tertiary/aromatic N) is 1. The highest BCUT2D eigenvalue weighted by atomic mass is 14.6. The number of hydrogen-bond acceptors (Lipinski definition) is 1. The molecule has 0 unspecified atom stereocenters. The number of pyridine rings is 1. The number of hydrogen-bond donors (Lipinski definition) is 0. The van der Waals surface area contributed by atoms with E-state index in [0.717, 1.165) is 5.52 Å². The molecule has 0 bridgehead atoms.